The number of likely N-dealkylation sites (tertiary alicyclic amines) is 1. The van der Waals surface area contributed by atoms with Crippen LogP contribution in [0.15, 0.2) is 30.5 Å². The molecule has 2 aromatic heterocycles. The summed E-state index contributed by atoms with van der Waals surface area (Å²) in [6.07, 6.45) is 2.29. The van der Waals surface area contributed by atoms with Crippen molar-refractivity contribution in [3.8, 4) is 17.0 Å². The van der Waals surface area contributed by atoms with Crippen LogP contribution in [0.5, 0.6) is 5.75 Å². The molecule has 2 amide bonds. The third-order valence-corrected chi connectivity index (χ3v) is 7.71. The first-order chi connectivity index (χ1) is 16.9. The van der Waals surface area contributed by atoms with E-state index < -0.39 is 6.17 Å². The molecule has 0 atom stereocenters. The lowest BCUT2D eigenvalue weighted by molar-refractivity contribution is -0.120. The predicted molar refractivity (Wildman–Crippen MR) is 136 cm³/mol. The second kappa shape index (κ2) is 11.2. The molecule has 3 aromatic rings. The molecule has 0 unspecified atom stereocenters. The average molecular weight is 502 g/mol. The topological polar surface area (TPSA) is 79.7 Å². The van der Waals surface area contributed by atoms with Crippen molar-refractivity contribution in [2.24, 2.45) is 7.05 Å². The quantitative estimate of drug-likeness (QED) is 0.487. The van der Waals surface area contributed by atoms with Crippen LogP contribution in [0.1, 0.15) is 28.9 Å². The average Bonchev–Trinajstić information content (AvgIpc) is 3.50. The highest BCUT2D eigenvalue weighted by Gasteiger charge is 2.24. The van der Waals surface area contributed by atoms with E-state index in [4.69, 9.17) is 4.74 Å². The van der Waals surface area contributed by atoms with E-state index in [9.17, 15) is 14.0 Å². The van der Waals surface area contributed by atoms with Gasteiger partial charge >= 0.3 is 0 Å². The number of hydrogen-bond donors (Lipinski definition) is 1. The molecule has 1 aliphatic heterocycles. The highest BCUT2D eigenvalue weighted by Crippen LogP contribution is 2.40. The number of benzene rings is 1. The Morgan fingerprint density at radius 1 is 1.26 bits per heavy atom. The number of carbonyl (C=O) groups excluding carboxylic acids is 2. The summed E-state index contributed by atoms with van der Waals surface area (Å²) in [7, 11) is 5.10. The van der Waals surface area contributed by atoms with E-state index in [1.165, 1.54) is 11.3 Å². The number of piperidine rings is 1. The zero-order valence-electron chi connectivity index (χ0n) is 20.4. The summed E-state index contributed by atoms with van der Waals surface area (Å²) in [5, 5.41) is 7.78. The number of nitrogens with one attached hydrogen (secondary N) is 1. The summed E-state index contributed by atoms with van der Waals surface area (Å²) in [5.41, 5.74) is 1.93. The molecule has 8 nitrogen and oxygen atoms in total. The Balaban J connectivity index is 1.62. The maximum absolute atomic E-state index is 13.7. The molecule has 1 fully saturated rings. The number of alkyl halides is 1. The van der Waals surface area contributed by atoms with E-state index >= 15 is 0 Å². The van der Waals surface area contributed by atoms with Crippen LogP contribution in [0.25, 0.3) is 21.3 Å². The van der Waals surface area contributed by atoms with Crippen LogP contribution in [0.2, 0.25) is 0 Å². The van der Waals surface area contributed by atoms with Crippen molar-refractivity contribution in [2.45, 2.75) is 25.4 Å². The van der Waals surface area contributed by atoms with Crippen molar-refractivity contribution in [3.05, 3.63) is 35.3 Å². The number of fused-ring (bicyclic) bond motifs is 1. The maximum atomic E-state index is 13.7. The van der Waals surface area contributed by atoms with E-state index in [0.29, 0.717) is 56.2 Å². The monoisotopic (exact) mass is 501 g/mol. The Labute approximate surface area is 208 Å². The molecule has 0 aliphatic carbocycles. The minimum atomic E-state index is -0.737. The standard InChI is InChI=1S/C25H32FN5O3S/c1-27-23(32)9-13-31(15-14-30-11-7-17(26)8-12-30)25(33)22-16-19-21(34-3)5-4-18(24(19)35-22)20-6-10-28-29(20)2/h4-6,10,16-17H,7-9,11-15H2,1-3H3,(H,27,32). The lowest BCUT2D eigenvalue weighted by atomic mass is 10.1. The molecule has 35 heavy (non-hydrogen) atoms. The number of rotatable bonds is 9. The summed E-state index contributed by atoms with van der Waals surface area (Å²) in [5.74, 6) is 0.471. The molecule has 0 bridgehead atoms. The second-order valence-electron chi connectivity index (χ2n) is 8.74. The first-order valence-corrected chi connectivity index (χ1v) is 12.7. The third-order valence-electron chi connectivity index (χ3n) is 6.55. The summed E-state index contributed by atoms with van der Waals surface area (Å²) >= 11 is 1.42. The van der Waals surface area contributed by atoms with Gasteiger partial charge in [-0.1, -0.05) is 0 Å². The lowest BCUT2D eigenvalue weighted by Gasteiger charge is -2.31. The van der Waals surface area contributed by atoms with Gasteiger partial charge in [0.1, 0.15) is 11.9 Å². The van der Waals surface area contributed by atoms with Gasteiger partial charge in [-0.15, -0.1) is 11.3 Å². The number of halogens is 1. The van der Waals surface area contributed by atoms with E-state index in [-0.39, 0.29) is 18.2 Å². The number of aryl methyl sites for hydroxylation is 1. The van der Waals surface area contributed by atoms with Crippen LogP contribution in [0.4, 0.5) is 4.39 Å². The zero-order valence-corrected chi connectivity index (χ0v) is 21.2. The van der Waals surface area contributed by atoms with Crippen LogP contribution in [0, 0.1) is 0 Å². The highest BCUT2D eigenvalue weighted by atomic mass is 32.1. The van der Waals surface area contributed by atoms with Gasteiger partial charge in [0.05, 0.1) is 17.7 Å². The fraction of sp³-hybridized carbons (Fsp3) is 0.480. The second-order valence-corrected chi connectivity index (χ2v) is 9.79. The van der Waals surface area contributed by atoms with Crippen molar-refractivity contribution in [2.75, 3.05) is 46.9 Å². The smallest absolute Gasteiger partial charge is 0.264 e. The van der Waals surface area contributed by atoms with Crippen LogP contribution in [-0.2, 0) is 11.8 Å². The zero-order chi connectivity index (χ0) is 24.9. The normalized spacial score (nSPS) is 14.9. The SMILES string of the molecule is CNC(=O)CCN(CCN1CCC(F)CC1)C(=O)c1cc2c(OC)ccc(-c3ccnn3C)c2s1. The Morgan fingerprint density at radius 2 is 2.03 bits per heavy atom. The third kappa shape index (κ3) is 5.65. The van der Waals surface area contributed by atoms with Gasteiger partial charge in [-0.25, -0.2) is 4.39 Å². The van der Waals surface area contributed by atoms with Crippen LogP contribution >= 0.6 is 11.3 Å². The first-order valence-electron chi connectivity index (χ1n) is 11.9. The molecule has 3 heterocycles. The lowest BCUT2D eigenvalue weighted by Crippen LogP contribution is -2.43. The molecular weight excluding hydrogens is 469 g/mol. The van der Waals surface area contributed by atoms with Gasteiger partial charge in [-0.05, 0) is 37.1 Å². The summed E-state index contributed by atoms with van der Waals surface area (Å²) in [4.78, 5) is 30.1. The van der Waals surface area contributed by atoms with Crippen molar-refractivity contribution in [1.82, 2.24) is 24.9 Å². The van der Waals surface area contributed by atoms with Gasteiger partial charge in [0.25, 0.3) is 5.91 Å². The Hall–Kier alpha value is -2.98. The molecule has 4 rings (SSSR count). The van der Waals surface area contributed by atoms with Gasteiger partial charge in [0.15, 0.2) is 0 Å². The summed E-state index contributed by atoms with van der Waals surface area (Å²) in [6.45, 7) is 2.82. The van der Waals surface area contributed by atoms with E-state index in [1.807, 2.05) is 31.3 Å². The predicted octanol–water partition coefficient (Wildman–Crippen LogP) is 3.32. The molecule has 1 saturated heterocycles. The highest BCUT2D eigenvalue weighted by molar-refractivity contribution is 7.21. The number of thiophene rings is 1. The summed E-state index contributed by atoms with van der Waals surface area (Å²) in [6, 6.07) is 7.71. The maximum Gasteiger partial charge on any atom is 0.264 e. The van der Waals surface area contributed by atoms with Crippen molar-refractivity contribution in [3.63, 3.8) is 0 Å². The summed E-state index contributed by atoms with van der Waals surface area (Å²) < 4.78 is 21.9. The van der Waals surface area contributed by atoms with Gasteiger partial charge in [-0.2, -0.15) is 5.10 Å². The van der Waals surface area contributed by atoms with Crippen molar-refractivity contribution in [1.29, 1.82) is 0 Å². The number of hydrogen-bond acceptors (Lipinski definition) is 6. The Morgan fingerprint density at radius 3 is 2.69 bits per heavy atom. The van der Waals surface area contributed by atoms with E-state index in [0.717, 1.165) is 21.3 Å². The molecule has 0 radical (unpaired) electrons. The Bertz CT molecular complexity index is 1190. The van der Waals surface area contributed by atoms with Crippen LogP contribution < -0.4 is 10.1 Å². The molecule has 188 valence electrons. The van der Waals surface area contributed by atoms with Gasteiger partial charge in [0, 0.05) is 75.1 Å². The molecule has 0 spiro atoms. The van der Waals surface area contributed by atoms with Gasteiger partial charge in [0.2, 0.25) is 5.91 Å². The number of nitrogens with zero attached hydrogens (tertiary/aromatic N) is 4. The molecule has 10 heteroatoms. The number of carbonyl (C=O) groups is 2. The van der Waals surface area contributed by atoms with Crippen molar-refractivity contribution < 1.29 is 18.7 Å². The van der Waals surface area contributed by atoms with Crippen LogP contribution in [0.3, 0.4) is 0 Å². The molecule has 1 aromatic carbocycles. The van der Waals surface area contributed by atoms with Crippen LogP contribution in [-0.4, -0.2) is 84.4 Å². The van der Waals surface area contributed by atoms with E-state index in [1.54, 1.807) is 29.9 Å². The molecule has 1 N–H and O–H groups in total. The minimum Gasteiger partial charge on any atom is -0.496 e. The molecular formula is C25H32FN5O3S. The molecule has 0 saturated carbocycles. The first kappa shape index (κ1) is 25.1. The van der Waals surface area contributed by atoms with Crippen molar-refractivity contribution >= 4 is 33.2 Å². The van der Waals surface area contributed by atoms with E-state index in [2.05, 4.69) is 15.3 Å². The number of ether oxygens (including phenoxy) is 1. The number of methoxy groups -OCH3 is 1. The fourth-order valence-electron chi connectivity index (χ4n) is 4.44. The van der Waals surface area contributed by atoms with Gasteiger partial charge in [-0.3, -0.25) is 14.3 Å². The number of amides is 2. The molecule has 1 aliphatic rings. The fourth-order valence-corrected chi connectivity index (χ4v) is 5.61. The minimum absolute atomic E-state index is 0.113. The van der Waals surface area contributed by atoms with Gasteiger partial charge < -0.3 is 19.9 Å². The number of aromatic nitrogens is 2. The largest absolute Gasteiger partial charge is 0.496 e. The Kier molecular flexibility index (Phi) is 8.02.